The summed E-state index contributed by atoms with van der Waals surface area (Å²) in [4.78, 5) is 14.2. The van der Waals surface area contributed by atoms with E-state index in [4.69, 9.17) is 4.74 Å². The van der Waals surface area contributed by atoms with Gasteiger partial charge in [0.25, 0.3) is 0 Å². The Morgan fingerprint density at radius 1 is 1.22 bits per heavy atom. The fraction of sp³-hybridized carbons (Fsp3) is 0.222. The fourth-order valence-electron chi connectivity index (χ4n) is 3.20. The van der Waals surface area contributed by atoms with E-state index in [0.717, 1.165) is 35.1 Å². The van der Waals surface area contributed by atoms with Crippen molar-refractivity contribution in [3.63, 3.8) is 0 Å². The summed E-state index contributed by atoms with van der Waals surface area (Å²) in [5.41, 5.74) is 4.04. The third kappa shape index (κ3) is 2.49. The van der Waals surface area contributed by atoms with Crippen LogP contribution < -0.4 is 0 Å². The van der Waals surface area contributed by atoms with E-state index in [1.165, 1.54) is 5.56 Å². The molecule has 0 spiro atoms. The minimum atomic E-state index is -0.230. The number of hydrogen-bond donors (Lipinski definition) is 1. The van der Waals surface area contributed by atoms with Gasteiger partial charge in [-0.2, -0.15) is 5.10 Å². The van der Waals surface area contributed by atoms with Gasteiger partial charge in [0.2, 0.25) is 0 Å². The van der Waals surface area contributed by atoms with E-state index in [-0.39, 0.29) is 5.97 Å². The summed E-state index contributed by atoms with van der Waals surface area (Å²) in [6.07, 6.45) is 1.76. The number of nitrogens with zero attached hydrogens (tertiary/aromatic N) is 2. The zero-order valence-electron chi connectivity index (χ0n) is 12.9. The van der Waals surface area contributed by atoms with Crippen molar-refractivity contribution < 1.29 is 9.53 Å². The summed E-state index contributed by atoms with van der Waals surface area (Å²) in [7, 11) is 2.07. The predicted molar refractivity (Wildman–Crippen MR) is 86.8 cm³/mol. The highest BCUT2D eigenvalue weighted by molar-refractivity contribution is 6.08. The summed E-state index contributed by atoms with van der Waals surface area (Å²) >= 11 is 0. The molecule has 0 unspecified atom stereocenters. The van der Waals surface area contributed by atoms with Crippen LogP contribution in [0.25, 0.3) is 10.8 Å². The number of esters is 1. The summed E-state index contributed by atoms with van der Waals surface area (Å²) in [6, 6.07) is 12.0. The Kier molecular flexibility index (Phi) is 3.35. The van der Waals surface area contributed by atoms with E-state index in [0.29, 0.717) is 12.2 Å². The normalized spacial score (nSPS) is 13.6. The number of cyclic esters (lactones) is 1. The smallest absolute Gasteiger partial charge is 0.339 e. The van der Waals surface area contributed by atoms with E-state index in [1.807, 2.05) is 18.2 Å². The molecule has 0 saturated heterocycles. The van der Waals surface area contributed by atoms with Gasteiger partial charge >= 0.3 is 5.97 Å². The minimum absolute atomic E-state index is 0.230. The lowest BCUT2D eigenvalue weighted by Crippen LogP contribution is -2.18. The second-order valence-electron chi connectivity index (χ2n) is 5.94. The Balaban J connectivity index is 1.70. The number of nitrogens with one attached hydrogen (secondary N) is 1. The van der Waals surface area contributed by atoms with Crippen LogP contribution in [0, 0.1) is 0 Å². The Morgan fingerprint density at radius 3 is 2.96 bits per heavy atom. The van der Waals surface area contributed by atoms with Crippen LogP contribution >= 0.6 is 0 Å². The molecule has 4 rings (SSSR count). The molecule has 116 valence electrons. The lowest BCUT2D eigenvalue weighted by atomic mass is 9.94. The van der Waals surface area contributed by atoms with Crippen molar-refractivity contribution >= 4 is 16.7 Å². The molecule has 2 heterocycles. The number of benzene rings is 2. The molecule has 23 heavy (non-hydrogen) atoms. The quantitative estimate of drug-likeness (QED) is 0.753. The predicted octanol–water partition coefficient (Wildman–Crippen LogP) is 2.87. The van der Waals surface area contributed by atoms with Gasteiger partial charge in [-0.25, -0.2) is 4.79 Å². The molecular formula is C18H17N3O2. The van der Waals surface area contributed by atoms with E-state index in [1.54, 1.807) is 6.20 Å². The lowest BCUT2D eigenvalue weighted by Gasteiger charge is -2.21. The van der Waals surface area contributed by atoms with Crippen molar-refractivity contribution in [2.75, 3.05) is 7.05 Å². The number of carbonyl (C=O) groups is 1. The van der Waals surface area contributed by atoms with Crippen LogP contribution in [0.15, 0.2) is 42.6 Å². The van der Waals surface area contributed by atoms with Crippen molar-refractivity contribution in [2.24, 2.45) is 0 Å². The third-order valence-electron chi connectivity index (χ3n) is 4.23. The molecule has 1 N–H and O–H groups in total. The third-order valence-corrected chi connectivity index (χ3v) is 4.23. The molecule has 0 aliphatic carbocycles. The molecule has 1 aliphatic rings. The molecule has 0 saturated carbocycles. The first-order valence-corrected chi connectivity index (χ1v) is 7.60. The van der Waals surface area contributed by atoms with Gasteiger partial charge in [-0.05, 0) is 35.7 Å². The molecule has 5 nitrogen and oxygen atoms in total. The number of rotatable bonds is 4. The van der Waals surface area contributed by atoms with Gasteiger partial charge in [0.05, 0.1) is 5.56 Å². The van der Waals surface area contributed by atoms with Crippen molar-refractivity contribution in [2.45, 2.75) is 19.7 Å². The lowest BCUT2D eigenvalue weighted by molar-refractivity contribution is 0.0463. The van der Waals surface area contributed by atoms with Gasteiger partial charge in [-0.1, -0.05) is 24.3 Å². The number of H-pyrrole nitrogens is 1. The molecule has 3 aromatic rings. The molecular weight excluding hydrogens is 290 g/mol. The van der Waals surface area contributed by atoms with Crippen molar-refractivity contribution in [3.8, 4) is 0 Å². The summed E-state index contributed by atoms with van der Waals surface area (Å²) in [5.74, 6) is -0.230. The summed E-state index contributed by atoms with van der Waals surface area (Å²) < 4.78 is 5.23. The molecule has 0 bridgehead atoms. The molecule has 5 heteroatoms. The maximum atomic E-state index is 12.0. The van der Waals surface area contributed by atoms with Crippen molar-refractivity contribution in [3.05, 3.63) is 65.0 Å². The Labute approximate surface area is 133 Å². The van der Waals surface area contributed by atoms with Gasteiger partial charge < -0.3 is 4.74 Å². The fourth-order valence-corrected chi connectivity index (χ4v) is 3.20. The number of hydrogen-bond acceptors (Lipinski definition) is 4. The van der Waals surface area contributed by atoms with Gasteiger partial charge in [0.1, 0.15) is 6.61 Å². The Hall–Kier alpha value is -2.66. The zero-order chi connectivity index (χ0) is 15.8. The maximum Gasteiger partial charge on any atom is 0.339 e. The van der Waals surface area contributed by atoms with Crippen LogP contribution in [-0.2, 0) is 24.4 Å². The molecule has 0 radical (unpaired) electrons. The highest BCUT2D eigenvalue weighted by atomic mass is 16.5. The summed E-state index contributed by atoms with van der Waals surface area (Å²) in [5, 5.41) is 9.13. The summed E-state index contributed by atoms with van der Waals surface area (Å²) in [6.45, 7) is 1.95. The van der Waals surface area contributed by atoms with Crippen LogP contribution in [0.5, 0.6) is 0 Å². The minimum Gasteiger partial charge on any atom is -0.457 e. The second kappa shape index (κ2) is 5.52. The van der Waals surface area contributed by atoms with Gasteiger partial charge in [0.15, 0.2) is 0 Å². The van der Waals surface area contributed by atoms with Gasteiger partial charge in [0, 0.05) is 30.4 Å². The van der Waals surface area contributed by atoms with Crippen LogP contribution in [0.1, 0.15) is 27.2 Å². The standard InChI is InChI=1S/C18H17N3O2/c1-21(10-14-7-8-19-20-14)9-12-5-6-13-11-23-18(22)16-4-2-3-15(12)17(13)16/h2-8H,9-11H2,1H3,(H,19,20). The molecule has 0 fully saturated rings. The Bertz CT molecular complexity index is 871. The van der Waals surface area contributed by atoms with Crippen LogP contribution in [0.3, 0.4) is 0 Å². The van der Waals surface area contributed by atoms with Gasteiger partial charge in [-0.3, -0.25) is 10.00 Å². The molecule has 0 amide bonds. The largest absolute Gasteiger partial charge is 0.457 e. The number of carbonyl (C=O) groups excluding carboxylic acids is 1. The number of aromatic amines is 1. The Morgan fingerprint density at radius 2 is 2.13 bits per heavy atom. The van der Waals surface area contributed by atoms with Crippen molar-refractivity contribution in [1.29, 1.82) is 0 Å². The molecule has 1 aliphatic heterocycles. The molecule has 0 atom stereocenters. The molecule has 2 aromatic carbocycles. The van der Waals surface area contributed by atoms with Crippen LogP contribution in [-0.4, -0.2) is 28.1 Å². The van der Waals surface area contributed by atoms with E-state index in [9.17, 15) is 4.79 Å². The monoisotopic (exact) mass is 307 g/mol. The average Bonchev–Trinajstić information content (AvgIpc) is 3.05. The van der Waals surface area contributed by atoms with Crippen molar-refractivity contribution in [1.82, 2.24) is 15.1 Å². The maximum absolute atomic E-state index is 12.0. The number of ether oxygens (including phenoxy) is 1. The first kappa shape index (κ1) is 14.0. The highest BCUT2D eigenvalue weighted by Gasteiger charge is 2.21. The second-order valence-corrected chi connectivity index (χ2v) is 5.94. The van der Waals surface area contributed by atoms with E-state index in [2.05, 4.69) is 40.3 Å². The highest BCUT2D eigenvalue weighted by Crippen LogP contribution is 2.31. The SMILES string of the molecule is CN(Cc1ccn[nH]1)Cc1ccc2c3c(cccc13)C(=O)OC2. The van der Waals surface area contributed by atoms with Crippen LogP contribution in [0.2, 0.25) is 0 Å². The topological polar surface area (TPSA) is 58.2 Å². The first-order valence-electron chi connectivity index (χ1n) is 7.60. The first-order chi connectivity index (χ1) is 11.2. The van der Waals surface area contributed by atoms with E-state index >= 15 is 0 Å². The average molecular weight is 307 g/mol. The van der Waals surface area contributed by atoms with Crippen LogP contribution in [0.4, 0.5) is 0 Å². The number of aromatic nitrogens is 2. The van der Waals surface area contributed by atoms with E-state index < -0.39 is 0 Å². The van der Waals surface area contributed by atoms with Gasteiger partial charge in [-0.15, -0.1) is 0 Å². The zero-order valence-corrected chi connectivity index (χ0v) is 12.9. The molecule has 1 aromatic heterocycles.